The third-order valence-electron chi connectivity index (χ3n) is 3.49. The normalized spacial score (nSPS) is 18.6. The highest BCUT2D eigenvalue weighted by molar-refractivity contribution is 5.89. The number of carbonyl (C=O) groups excluding carboxylic acids is 1. The molecule has 1 aliphatic carbocycles. The van der Waals surface area contributed by atoms with Gasteiger partial charge in [0, 0.05) is 12.5 Å². The van der Waals surface area contributed by atoms with Gasteiger partial charge in [-0.1, -0.05) is 19.3 Å². The van der Waals surface area contributed by atoms with Crippen molar-refractivity contribution in [1.29, 1.82) is 0 Å². The first-order chi connectivity index (χ1) is 8.49. The summed E-state index contributed by atoms with van der Waals surface area (Å²) in [7, 11) is 0. The maximum atomic E-state index is 13.0. The summed E-state index contributed by atoms with van der Waals surface area (Å²) < 4.78 is 26.0. The van der Waals surface area contributed by atoms with E-state index in [4.69, 9.17) is 0 Å². The number of ketones is 1. The van der Waals surface area contributed by atoms with Gasteiger partial charge in [-0.25, -0.2) is 8.78 Å². The fourth-order valence-corrected chi connectivity index (χ4v) is 2.48. The maximum Gasteiger partial charge on any atom is 0.168 e. The van der Waals surface area contributed by atoms with E-state index in [-0.39, 0.29) is 17.8 Å². The molecule has 1 aromatic carbocycles. The minimum Gasteiger partial charge on any atom is -0.382 e. The number of benzene rings is 1. The molecule has 4 heteroatoms. The Morgan fingerprint density at radius 1 is 1.11 bits per heavy atom. The molecular weight excluding hydrogens is 238 g/mol. The van der Waals surface area contributed by atoms with Crippen LogP contribution in [0.1, 0.15) is 37.7 Å². The Morgan fingerprint density at radius 2 is 1.67 bits per heavy atom. The van der Waals surface area contributed by atoms with Crippen LogP contribution in [0.25, 0.3) is 0 Å². The average molecular weight is 254 g/mol. The summed E-state index contributed by atoms with van der Waals surface area (Å²) in [6.45, 7) is 0. The SMILES string of the molecule is O=C(Cc1cc(F)cc(F)c1)C1(O)CCCCC1. The Labute approximate surface area is 105 Å². The molecule has 0 saturated heterocycles. The number of hydrogen-bond acceptors (Lipinski definition) is 2. The number of hydrogen-bond donors (Lipinski definition) is 1. The predicted molar refractivity (Wildman–Crippen MR) is 63.1 cm³/mol. The third kappa shape index (κ3) is 2.93. The number of Topliss-reactive ketones (excluding diaryl/α,β-unsaturated/α-hetero) is 1. The van der Waals surface area contributed by atoms with Crippen LogP contribution in [-0.2, 0) is 11.2 Å². The van der Waals surface area contributed by atoms with E-state index in [1.807, 2.05) is 0 Å². The zero-order valence-corrected chi connectivity index (χ0v) is 10.1. The van der Waals surface area contributed by atoms with Gasteiger partial charge in [0.05, 0.1) is 0 Å². The van der Waals surface area contributed by atoms with E-state index in [1.54, 1.807) is 0 Å². The van der Waals surface area contributed by atoms with Gasteiger partial charge in [-0.3, -0.25) is 4.79 Å². The van der Waals surface area contributed by atoms with Gasteiger partial charge in [-0.15, -0.1) is 0 Å². The summed E-state index contributed by atoms with van der Waals surface area (Å²) in [5.41, 5.74) is -1.03. The van der Waals surface area contributed by atoms with Crippen LogP contribution in [0, 0.1) is 11.6 Å². The molecule has 1 aliphatic rings. The summed E-state index contributed by atoms with van der Waals surface area (Å²) in [5, 5.41) is 10.2. The first-order valence-electron chi connectivity index (χ1n) is 6.20. The molecule has 0 aromatic heterocycles. The van der Waals surface area contributed by atoms with Gasteiger partial charge in [-0.2, -0.15) is 0 Å². The highest BCUT2D eigenvalue weighted by Gasteiger charge is 2.36. The number of carbonyl (C=O) groups is 1. The van der Waals surface area contributed by atoms with E-state index < -0.39 is 17.2 Å². The van der Waals surface area contributed by atoms with Crippen LogP contribution < -0.4 is 0 Å². The van der Waals surface area contributed by atoms with Crippen LogP contribution in [0.15, 0.2) is 18.2 Å². The molecule has 1 saturated carbocycles. The van der Waals surface area contributed by atoms with Crippen LogP contribution in [0.3, 0.4) is 0 Å². The van der Waals surface area contributed by atoms with Gasteiger partial charge in [0.2, 0.25) is 0 Å². The molecule has 2 rings (SSSR count). The molecule has 0 unspecified atom stereocenters. The molecule has 98 valence electrons. The van der Waals surface area contributed by atoms with Gasteiger partial charge in [0.15, 0.2) is 5.78 Å². The number of rotatable bonds is 3. The zero-order valence-electron chi connectivity index (χ0n) is 10.1. The Kier molecular flexibility index (Phi) is 3.76. The van der Waals surface area contributed by atoms with E-state index in [0.29, 0.717) is 12.8 Å². The molecule has 0 bridgehead atoms. The molecule has 1 N–H and O–H groups in total. The Bertz CT molecular complexity index is 431. The fourth-order valence-electron chi connectivity index (χ4n) is 2.48. The summed E-state index contributed by atoms with van der Waals surface area (Å²) in [4.78, 5) is 12.0. The van der Waals surface area contributed by atoms with Crippen molar-refractivity contribution in [3.63, 3.8) is 0 Å². The third-order valence-corrected chi connectivity index (χ3v) is 3.49. The van der Waals surface area contributed by atoms with Crippen molar-refractivity contribution in [2.75, 3.05) is 0 Å². The quantitative estimate of drug-likeness (QED) is 0.900. The average Bonchev–Trinajstić information content (AvgIpc) is 2.28. The molecule has 0 aliphatic heterocycles. The Morgan fingerprint density at radius 3 is 2.22 bits per heavy atom. The van der Waals surface area contributed by atoms with Gasteiger partial charge < -0.3 is 5.11 Å². The first kappa shape index (κ1) is 13.1. The minimum absolute atomic E-state index is 0.120. The van der Waals surface area contributed by atoms with Gasteiger partial charge >= 0.3 is 0 Å². The largest absolute Gasteiger partial charge is 0.382 e. The summed E-state index contributed by atoms with van der Waals surface area (Å²) in [6.07, 6.45) is 3.43. The van der Waals surface area contributed by atoms with Crippen molar-refractivity contribution in [3.05, 3.63) is 35.4 Å². The topological polar surface area (TPSA) is 37.3 Å². The lowest BCUT2D eigenvalue weighted by Crippen LogP contribution is -2.41. The monoisotopic (exact) mass is 254 g/mol. The number of halogens is 2. The minimum atomic E-state index is -1.30. The molecule has 2 nitrogen and oxygen atoms in total. The lowest BCUT2D eigenvalue weighted by Gasteiger charge is -2.30. The molecule has 0 heterocycles. The molecule has 0 amide bonds. The molecule has 1 fully saturated rings. The van der Waals surface area contributed by atoms with Crippen molar-refractivity contribution in [3.8, 4) is 0 Å². The van der Waals surface area contributed by atoms with Gasteiger partial charge in [0.25, 0.3) is 0 Å². The highest BCUT2D eigenvalue weighted by atomic mass is 19.1. The van der Waals surface area contributed by atoms with Crippen molar-refractivity contribution < 1.29 is 18.7 Å². The van der Waals surface area contributed by atoms with E-state index in [1.165, 1.54) is 0 Å². The lowest BCUT2D eigenvalue weighted by atomic mass is 9.80. The van der Waals surface area contributed by atoms with Crippen molar-refractivity contribution in [1.82, 2.24) is 0 Å². The van der Waals surface area contributed by atoms with E-state index in [2.05, 4.69) is 0 Å². The lowest BCUT2D eigenvalue weighted by molar-refractivity contribution is -0.139. The second-order valence-electron chi connectivity index (χ2n) is 4.97. The smallest absolute Gasteiger partial charge is 0.168 e. The molecule has 18 heavy (non-hydrogen) atoms. The standard InChI is InChI=1S/C14H16F2O2/c15-11-6-10(7-12(16)9-11)8-13(17)14(18)4-2-1-3-5-14/h6-7,9,18H,1-5,8H2. The van der Waals surface area contributed by atoms with Crippen LogP contribution in [0.5, 0.6) is 0 Å². The summed E-state index contributed by atoms with van der Waals surface area (Å²) >= 11 is 0. The van der Waals surface area contributed by atoms with Crippen LogP contribution in [0.4, 0.5) is 8.78 Å². The van der Waals surface area contributed by atoms with Gasteiger partial charge in [-0.05, 0) is 30.5 Å². The Hall–Kier alpha value is -1.29. The fraction of sp³-hybridized carbons (Fsp3) is 0.500. The van der Waals surface area contributed by atoms with Crippen molar-refractivity contribution in [2.45, 2.75) is 44.1 Å². The van der Waals surface area contributed by atoms with E-state index in [9.17, 15) is 18.7 Å². The summed E-state index contributed by atoms with van der Waals surface area (Å²) in [6, 6.07) is 3.03. The second kappa shape index (κ2) is 5.14. The van der Waals surface area contributed by atoms with Crippen molar-refractivity contribution in [2.24, 2.45) is 0 Å². The zero-order chi connectivity index (χ0) is 13.2. The first-order valence-corrected chi connectivity index (χ1v) is 6.20. The molecule has 1 aromatic rings. The maximum absolute atomic E-state index is 13.0. The van der Waals surface area contributed by atoms with Crippen molar-refractivity contribution >= 4 is 5.78 Å². The number of aliphatic hydroxyl groups is 1. The van der Waals surface area contributed by atoms with Crippen LogP contribution in [0.2, 0.25) is 0 Å². The van der Waals surface area contributed by atoms with E-state index in [0.717, 1.165) is 37.5 Å². The van der Waals surface area contributed by atoms with Gasteiger partial charge in [0.1, 0.15) is 17.2 Å². The molecule has 0 spiro atoms. The molecule has 0 radical (unpaired) electrons. The summed E-state index contributed by atoms with van der Waals surface area (Å²) in [5.74, 6) is -1.74. The molecule has 0 atom stereocenters. The molecular formula is C14H16F2O2. The second-order valence-corrected chi connectivity index (χ2v) is 4.97. The van der Waals surface area contributed by atoms with Crippen LogP contribution in [-0.4, -0.2) is 16.5 Å². The van der Waals surface area contributed by atoms with E-state index >= 15 is 0 Å². The highest BCUT2D eigenvalue weighted by Crippen LogP contribution is 2.29. The predicted octanol–water partition coefficient (Wildman–Crippen LogP) is 2.77. The van der Waals surface area contributed by atoms with Crippen LogP contribution >= 0.6 is 0 Å². The Balaban J connectivity index is 2.10.